The highest BCUT2D eigenvalue weighted by Gasteiger charge is 2.19. The average molecular weight is 396 g/mol. The molecule has 0 radical (unpaired) electrons. The summed E-state index contributed by atoms with van der Waals surface area (Å²) in [6, 6.07) is 20.8. The Morgan fingerprint density at radius 2 is 1.63 bits per heavy atom. The standard InChI is InChI=1S/C25H24N4O/c1-16-20-15-19(12-13-21(20)30-28-16)17-8-10-18(11-9-17)23-24(27-25(2,3)4)29-14-6-5-7-22(29)26-23/h5-15,27H,1-4H3. The minimum absolute atomic E-state index is 0.0770. The molecule has 1 N–H and O–H groups in total. The Morgan fingerprint density at radius 1 is 0.900 bits per heavy atom. The van der Waals surface area contributed by atoms with E-state index in [4.69, 9.17) is 9.51 Å². The van der Waals surface area contributed by atoms with E-state index in [0.717, 1.165) is 50.5 Å². The molecule has 0 saturated carbocycles. The first-order valence-electron chi connectivity index (χ1n) is 10.1. The highest BCUT2D eigenvalue weighted by atomic mass is 16.5. The van der Waals surface area contributed by atoms with Gasteiger partial charge in [-0.2, -0.15) is 0 Å². The van der Waals surface area contributed by atoms with Gasteiger partial charge in [-0.15, -0.1) is 0 Å². The topological polar surface area (TPSA) is 55.4 Å². The number of nitrogens with zero attached hydrogens (tertiary/aromatic N) is 3. The van der Waals surface area contributed by atoms with Crippen molar-refractivity contribution in [1.29, 1.82) is 0 Å². The zero-order chi connectivity index (χ0) is 20.9. The lowest BCUT2D eigenvalue weighted by atomic mass is 10.0. The van der Waals surface area contributed by atoms with Gasteiger partial charge in [0.15, 0.2) is 5.58 Å². The van der Waals surface area contributed by atoms with E-state index in [1.165, 1.54) is 0 Å². The summed E-state index contributed by atoms with van der Waals surface area (Å²) >= 11 is 0. The molecule has 5 heteroatoms. The van der Waals surface area contributed by atoms with E-state index in [1.807, 2.05) is 37.4 Å². The number of aromatic nitrogens is 3. The number of hydrogen-bond acceptors (Lipinski definition) is 4. The summed E-state index contributed by atoms with van der Waals surface area (Å²) < 4.78 is 7.44. The molecule has 0 unspecified atom stereocenters. The molecular formula is C25H24N4O. The van der Waals surface area contributed by atoms with E-state index in [1.54, 1.807) is 0 Å². The van der Waals surface area contributed by atoms with Gasteiger partial charge in [0.2, 0.25) is 0 Å². The summed E-state index contributed by atoms with van der Waals surface area (Å²) in [5.74, 6) is 1.01. The fourth-order valence-electron chi connectivity index (χ4n) is 3.73. The molecule has 0 amide bonds. The maximum atomic E-state index is 5.33. The Morgan fingerprint density at radius 3 is 2.40 bits per heavy atom. The van der Waals surface area contributed by atoms with Crippen LogP contribution >= 0.6 is 0 Å². The molecule has 0 spiro atoms. The van der Waals surface area contributed by atoms with Crippen molar-refractivity contribution in [2.75, 3.05) is 5.32 Å². The first-order chi connectivity index (χ1) is 14.4. The lowest BCUT2D eigenvalue weighted by molar-refractivity contribution is 0.450. The smallest absolute Gasteiger partial charge is 0.167 e. The van der Waals surface area contributed by atoms with Crippen molar-refractivity contribution >= 4 is 22.4 Å². The molecule has 0 saturated heterocycles. The van der Waals surface area contributed by atoms with Crippen molar-refractivity contribution in [2.24, 2.45) is 0 Å². The van der Waals surface area contributed by atoms with Crippen LogP contribution in [0.1, 0.15) is 26.5 Å². The summed E-state index contributed by atoms with van der Waals surface area (Å²) in [7, 11) is 0. The first kappa shape index (κ1) is 18.4. The van der Waals surface area contributed by atoms with Crippen LogP contribution in [0.3, 0.4) is 0 Å². The maximum Gasteiger partial charge on any atom is 0.167 e. The van der Waals surface area contributed by atoms with E-state index in [-0.39, 0.29) is 5.54 Å². The minimum Gasteiger partial charge on any atom is -0.365 e. The second-order valence-corrected chi connectivity index (χ2v) is 8.67. The minimum atomic E-state index is -0.0770. The Hall–Kier alpha value is -3.60. The van der Waals surface area contributed by atoms with Gasteiger partial charge < -0.3 is 9.84 Å². The van der Waals surface area contributed by atoms with Crippen LogP contribution in [0.15, 0.2) is 71.4 Å². The van der Waals surface area contributed by atoms with Crippen LogP contribution in [0.2, 0.25) is 0 Å². The van der Waals surface area contributed by atoms with Gasteiger partial charge >= 0.3 is 0 Å². The number of imidazole rings is 1. The molecule has 5 nitrogen and oxygen atoms in total. The summed E-state index contributed by atoms with van der Waals surface area (Å²) in [6.07, 6.45) is 2.05. The number of hydrogen-bond donors (Lipinski definition) is 1. The molecule has 0 aliphatic heterocycles. The molecule has 30 heavy (non-hydrogen) atoms. The average Bonchev–Trinajstić information content (AvgIpc) is 3.28. The van der Waals surface area contributed by atoms with Crippen molar-refractivity contribution in [3.63, 3.8) is 0 Å². The fraction of sp³-hybridized carbons (Fsp3) is 0.200. The molecule has 5 rings (SSSR count). The molecule has 3 heterocycles. The summed E-state index contributed by atoms with van der Waals surface area (Å²) in [4.78, 5) is 4.89. The van der Waals surface area contributed by atoms with Crippen molar-refractivity contribution in [3.05, 3.63) is 72.6 Å². The van der Waals surface area contributed by atoms with Crippen molar-refractivity contribution < 1.29 is 4.52 Å². The molecule has 0 bridgehead atoms. The van der Waals surface area contributed by atoms with Crippen molar-refractivity contribution in [2.45, 2.75) is 33.2 Å². The van der Waals surface area contributed by atoms with Crippen LogP contribution in [0.25, 0.3) is 39.0 Å². The first-order valence-corrected chi connectivity index (χ1v) is 10.1. The Kier molecular flexibility index (Phi) is 4.13. The lowest BCUT2D eigenvalue weighted by Gasteiger charge is -2.22. The number of pyridine rings is 1. The summed E-state index contributed by atoms with van der Waals surface area (Å²) in [5, 5.41) is 8.73. The van der Waals surface area contributed by atoms with Gasteiger partial charge in [-0.1, -0.05) is 41.6 Å². The van der Waals surface area contributed by atoms with Gasteiger partial charge in [-0.05, 0) is 63.1 Å². The molecule has 150 valence electrons. The number of nitrogens with one attached hydrogen (secondary N) is 1. The van der Waals surface area contributed by atoms with E-state index in [0.29, 0.717) is 0 Å². The van der Waals surface area contributed by atoms with Gasteiger partial charge in [0.1, 0.15) is 17.2 Å². The third-order valence-electron chi connectivity index (χ3n) is 5.17. The van der Waals surface area contributed by atoms with Crippen molar-refractivity contribution in [1.82, 2.24) is 14.5 Å². The van der Waals surface area contributed by atoms with Crippen LogP contribution in [0, 0.1) is 6.92 Å². The molecule has 0 aliphatic rings. The molecule has 0 aliphatic carbocycles. The van der Waals surface area contributed by atoms with E-state index in [2.05, 4.69) is 72.0 Å². The molecule has 0 fully saturated rings. The van der Waals surface area contributed by atoms with Crippen molar-refractivity contribution in [3.8, 4) is 22.4 Å². The number of aryl methyl sites for hydroxylation is 1. The van der Waals surface area contributed by atoms with E-state index < -0.39 is 0 Å². The van der Waals surface area contributed by atoms with Crippen LogP contribution in [0.4, 0.5) is 5.82 Å². The number of rotatable bonds is 3. The van der Waals surface area contributed by atoms with E-state index >= 15 is 0 Å². The molecule has 5 aromatic rings. The zero-order valence-electron chi connectivity index (χ0n) is 17.6. The molecule has 3 aromatic heterocycles. The largest absolute Gasteiger partial charge is 0.365 e. The molecule has 2 aromatic carbocycles. The maximum absolute atomic E-state index is 5.33. The predicted molar refractivity (Wildman–Crippen MR) is 122 cm³/mol. The Balaban J connectivity index is 1.57. The Bertz CT molecular complexity index is 1350. The highest BCUT2D eigenvalue weighted by molar-refractivity contribution is 5.86. The van der Waals surface area contributed by atoms with Crippen LogP contribution in [0.5, 0.6) is 0 Å². The van der Waals surface area contributed by atoms with E-state index in [9.17, 15) is 0 Å². The Labute approximate surface area is 175 Å². The third-order valence-corrected chi connectivity index (χ3v) is 5.17. The van der Waals surface area contributed by atoms with Gasteiger partial charge in [0.25, 0.3) is 0 Å². The van der Waals surface area contributed by atoms with Gasteiger partial charge in [0.05, 0.1) is 5.69 Å². The van der Waals surface area contributed by atoms with Crippen LogP contribution in [-0.2, 0) is 0 Å². The molecule has 0 atom stereocenters. The van der Waals surface area contributed by atoms with Gasteiger partial charge in [-0.25, -0.2) is 4.98 Å². The number of fused-ring (bicyclic) bond motifs is 2. The van der Waals surface area contributed by atoms with Crippen LogP contribution in [-0.4, -0.2) is 20.1 Å². The predicted octanol–water partition coefficient (Wildman–Crippen LogP) is 6.33. The monoisotopic (exact) mass is 396 g/mol. The zero-order valence-corrected chi connectivity index (χ0v) is 17.6. The quantitative estimate of drug-likeness (QED) is 0.387. The van der Waals surface area contributed by atoms with Crippen LogP contribution < -0.4 is 5.32 Å². The SMILES string of the molecule is Cc1noc2ccc(-c3ccc(-c4nc5ccccn5c4NC(C)(C)C)cc3)cc12. The second-order valence-electron chi connectivity index (χ2n) is 8.67. The fourth-order valence-corrected chi connectivity index (χ4v) is 3.73. The third kappa shape index (κ3) is 3.22. The summed E-state index contributed by atoms with van der Waals surface area (Å²) in [6.45, 7) is 8.44. The number of anilines is 1. The lowest BCUT2D eigenvalue weighted by Crippen LogP contribution is -2.27. The highest BCUT2D eigenvalue weighted by Crippen LogP contribution is 2.33. The molecular weight excluding hydrogens is 372 g/mol. The number of benzene rings is 2. The normalized spacial score (nSPS) is 12.0. The second kappa shape index (κ2) is 6.73. The van der Waals surface area contributed by atoms with Gasteiger partial charge in [0, 0.05) is 22.7 Å². The summed E-state index contributed by atoms with van der Waals surface area (Å²) in [5.41, 5.74) is 6.90. The van der Waals surface area contributed by atoms with Gasteiger partial charge in [-0.3, -0.25) is 4.40 Å².